The van der Waals surface area contributed by atoms with Gasteiger partial charge in [-0.2, -0.15) is 0 Å². The Labute approximate surface area is 85.0 Å². The molecule has 13 heavy (non-hydrogen) atoms. The summed E-state index contributed by atoms with van der Waals surface area (Å²) in [5.41, 5.74) is 6.40. The molecule has 2 nitrogen and oxygen atoms in total. The molecule has 0 atom stereocenters. The fourth-order valence-electron chi connectivity index (χ4n) is 1.20. The fraction of sp³-hybridized carbons (Fsp3) is 0.333. The monoisotopic (exact) mass is 247 g/mol. The summed E-state index contributed by atoms with van der Waals surface area (Å²) in [6.07, 6.45) is 0. The van der Waals surface area contributed by atoms with Gasteiger partial charge in [0, 0.05) is 12.1 Å². The number of rotatable bonds is 2. The third-order valence-electron chi connectivity index (χ3n) is 1.85. The molecule has 0 bridgehead atoms. The number of aryl methyl sites for hydroxylation is 1. The van der Waals surface area contributed by atoms with E-state index in [1.54, 1.807) is 13.0 Å². The van der Waals surface area contributed by atoms with Crippen molar-refractivity contribution in [3.05, 3.63) is 27.5 Å². The predicted octanol–water partition coefficient (Wildman–Crippen LogP) is 2.36. The minimum absolute atomic E-state index is 0.134. The van der Waals surface area contributed by atoms with E-state index in [1.165, 1.54) is 7.11 Å². The molecule has 2 N–H and O–H groups in total. The van der Waals surface area contributed by atoms with Crippen molar-refractivity contribution in [3.8, 4) is 5.75 Å². The van der Waals surface area contributed by atoms with Crippen molar-refractivity contribution in [1.82, 2.24) is 0 Å². The first-order valence-corrected chi connectivity index (χ1v) is 4.62. The molecular weight excluding hydrogens is 237 g/mol. The molecule has 0 fully saturated rings. The van der Waals surface area contributed by atoms with Crippen LogP contribution in [0.25, 0.3) is 0 Å². The van der Waals surface area contributed by atoms with Crippen LogP contribution in [-0.2, 0) is 6.54 Å². The molecule has 0 aliphatic heterocycles. The molecule has 0 saturated heterocycles. The zero-order chi connectivity index (χ0) is 10.0. The lowest BCUT2D eigenvalue weighted by atomic mass is 10.1. The van der Waals surface area contributed by atoms with Gasteiger partial charge in [-0.15, -0.1) is 0 Å². The predicted molar refractivity (Wildman–Crippen MR) is 53.3 cm³/mol. The Bertz CT molecular complexity index is 328. The van der Waals surface area contributed by atoms with Crippen LogP contribution in [0.5, 0.6) is 5.75 Å². The first-order chi connectivity index (χ1) is 6.11. The zero-order valence-corrected chi connectivity index (χ0v) is 9.11. The summed E-state index contributed by atoms with van der Waals surface area (Å²) >= 11 is 3.29. The quantitative estimate of drug-likeness (QED) is 0.871. The van der Waals surface area contributed by atoms with Gasteiger partial charge in [-0.25, -0.2) is 4.39 Å². The second-order valence-corrected chi connectivity index (χ2v) is 3.56. The van der Waals surface area contributed by atoms with Crippen molar-refractivity contribution in [3.63, 3.8) is 0 Å². The maximum atomic E-state index is 13.4. The molecule has 0 unspecified atom stereocenters. The summed E-state index contributed by atoms with van der Waals surface area (Å²) in [5, 5.41) is 0. The molecule has 0 heterocycles. The molecule has 0 saturated carbocycles. The van der Waals surface area contributed by atoms with E-state index >= 15 is 0 Å². The van der Waals surface area contributed by atoms with Crippen LogP contribution in [0.15, 0.2) is 10.5 Å². The van der Waals surface area contributed by atoms with Crippen LogP contribution >= 0.6 is 15.9 Å². The summed E-state index contributed by atoms with van der Waals surface area (Å²) in [4.78, 5) is 0. The summed E-state index contributed by atoms with van der Waals surface area (Å²) < 4.78 is 19.2. The SMILES string of the molecule is COc1c(Br)cc(C)c(F)c1CN. The lowest BCUT2D eigenvalue weighted by Gasteiger charge is -2.11. The van der Waals surface area contributed by atoms with Crippen LogP contribution in [0.3, 0.4) is 0 Å². The summed E-state index contributed by atoms with van der Waals surface area (Å²) in [6, 6.07) is 1.67. The third kappa shape index (κ3) is 1.84. The van der Waals surface area contributed by atoms with Gasteiger partial charge >= 0.3 is 0 Å². The molecular formula is C9H11BrFNO. The number of hydrogen-bond acceptors (Lipinski definition) is 2. The average Bonchev–Trinajstić information content (AvgIpc) is 2.10. The smallest absolute Gasteiger partial charge is 0.140 e. The number of ether oxygens (including phenoxy) is 1. The topological polar surface area (TPSA) is 35.2 Å². The standard InChI is InChI=1S/C9H11BrFNO/c1-5-3-7(10)9(13-2)6(4-12)8(5)11/h3H,4,12H2,1-2H3. The van der Waals surface area contributed by atoms with E-state index < -0.39 is 0 Å². The van der Waals surface area contributed by atoms with E-state index in [2.05, 4.69) is 15.9 Å². The van der Waals surface area contributed by atoms with Crippen molar-refractivity contribution in [2.24, 2.45) is 5.73 Å². The van der Waals surface area contributed by atoms with E-state index in [0.29, 0.717) is 16.9 Å². The summed E-state index contributed by atoms with van der Waals surface area (Å²) in [6.45, 7) is 1.83. The summed E-state index contributed by atoms with van der Waals surface area (Å²) in [7, 11) is 1.49. The lowest BCUT2D eigenvalue weighted by molar-refractivity contribution is 0.401. The van der Waals surface area contributed by atoms with E-state index in [-0.39, 0.29) is 12.4 Å². The molecule has 0 radical (unpaired) electrons. The van der Waals surface area contributed by atoms with Crippen LogP contribution in [0.1, 0.15) is 11.1 Å². The Kier molecular flexibility index (Phi) is 3.27. The van der Waals surface area contributed by atoms with Crippen molar-refractivity contribution in [2.45, 2.75) is 13.5 Å². The highest BCUT2D eigenvalue weighted by atomic mass is 79.9. The van der Waals surface area contributed by atoms with Crippen LogP contribution in [0.4, 0.5) is 4.39 Å². The summed E-state index contributed by atoms with van der Waals surface area (Å²) in [5.74, 6) is 0.188. The maximum Gasteiger partial charge on any atom is 0.140 e. The van der Waals surface area contributed by atoms with Gasteiger partial charge in [0.25, 0.3) is 0 Å². The van der Waals surface area contributed by atoms with Crippen molar-refractivity contribution in [1.29, 1.82) is 0 Å². The number of methoxy groups -OCH3 is 1. The largest absolute Gasteiger partial charge is 0.495 e. The van der Waals surface area contributed by atoms with E-state index in [1.807, 2.05) is 0 Å². The molecule has 4 heteroatoms. The van der Waals surface area contributed by atoms with Gasteiger partial charge in [-0.3, -0.25) is 0 Å². The van der Waals surface area contributed by atoms with E-state index in [0.717, 1.165) is 4.47 Å². The highest BCUT2D eigenvalue weighted by Gasteiger charge is 2.14. The minimum Gasteiger partial charge on any atom is -0.495 e. The average molecular weight is 248 g/mol. The molecule has 1 aromatic rings. The normalized spacial score (nSPS) is 10.2. The highest BCUT2D eigenvalue weighted by Crippen LogP contribution is 2.32. The Balaban J connectivity index is 3.41. The molecule has 0 spiro atoms. The Morgan fingerprint density at radius 2 is 2.23 bits per heavy atom. The van der Waals surface area contributed by atoms with Crippen molar-refractivity contribution < 1.29 is 9.13 Å². The number of benzene rings is 1. The molecule has 0 aliphatic rings. The van der Waals surface area contributed by atoms with Gasteiger partial charge in [0.1, 0.15) is 11.6 Å². The highest BCUT2D eigenvalue weighted by molar-refractivity contribution is 9.10. The molecule has 72 valence electrons. The first kappa shape index (κ1) is 10.5. The molecule has 1 rings (SSSR count). The van der Waals surface area contributed by atoms with Gasteiger partial charge in [-0.1, -0.05) is 0 Å². The van der Waals surface area contributed by atoms with Crippen LogP contribution in [0.2, 0.25) is 0 Å². The van der Waals surface area contributed by atoms with Gasteiger partial charge in [0.2, 0.25) is 0 Å². The third-order valence-corrected chi connectivity index (χ3v) is 2.44. The number of nitrogens with two attached hydrogens (primary N) is 1. The molecule has 0 aromatic heterocycles. The maximum absolute atomic E-state index is 13.4. The molecule has 0 aliphatic carbocycles. The second-order valence-electron chi connectivity index (χ2n) is 2.71. The fourth-order valence-corrected chi connectivity index (χ4v) is 1.95. The molecule has 0 amide bonds. The first-order valence-electron chi connectivity index (χ1n) is 3.83. The van der Waals surface area contributed by atoms with Crippen LogP contribution < -0.4 is 10.5 Å². The lowest BCUT2D eigenvalue weighted by Crippen LogP contribution is -2.05. The number of hydrogen-bond donors (Lipinski definition) is 1. The van der Waals surface area contributed by atoms with Crippen LogP contribution in [-0.4, -0.2) is 7.11 Å². The van der Waals surface area contributed by atoms with Gasteiger partial charge in [0.15, 0.2) is 0 Å². The van der Waals surface area contributed by atoms with Gasteiger partial charge < -0.3 is 10.5 Å². The molecule has 1 aromatic carbocycles. The van der Waals surface area contributed by atoms with Crippen molar-refractivity contribution >= 4 is 15.9 Å². The van der Waals surface area contributed by atoms with Crippen LogP contribution in [0, 0.1) is 12.7 Å². The Hall–Kier alpha value is -0.610. The number of halogens is 2. The van der Waals surface area contributed by atoms with Gasteiger partial charge in [0.05, 0.1) is 11.6 Å². The minimum atomic E-state index is -0.289. The second kappa shape index (κ2) is 4.07. The zero-order valence-electron chi connectivity index (χ0n) is 7.53. The van der Waals surface area contributed by atoms with E-state index in [9.17, 15) is 4.39 Å². The Morgan fingerprint density at radius 1 is 1.62 bits per heavy atom. The van der Waals surface area contributed by atoms with Gasteiger partial charge in [-0.05, 0) is 34.5 Å². The Morgan fingerprint density at radius 3 is 2.69 bits per heavy atom. The van der Waals surface area contributed by atoms with E-state index in [4.69, 9.17) is 10.5 Å². The van der Waals surface area contributed by atoms with Crippen molar-refractivity contribution in [2.75, 3.05) is 7.11 Å².